The van der Waals surface area contributed by atoms with Gasteiger partial charge < -0.3 is 49.2 Å². The molecule has 2 aromatic carbocycles. The molecule has 2 aliphatic heterocycles. The Hall–Kier alpha value is -5.49. The van der Waals surface area contributed by atoms with E-state index in [4.69, 9.17) is 40.3 Å². The summed E-state index contributed by atoms with van der Waals surface area (Å²) in [5.41, 5.74) is 7.86. The Morgan fingerprint density at radius 3 is 2.14 bits per heavy atom. The first-order chi connectivity index (χ1) is 36.9. The number of halogens is 1. The number of nitrogens with zero attached hydrogens (tertiary/aromatic N) is 7. The standard InChI is InChI=1S/C55H72ClN9O10S2/c1-34-36(3)77-54-47(34)48(39-14-16-41(56)17-15-39)59-43(51-62-61-37(4)65(51)54)29-46(68)63(8)18-21-73-24-22-71-19-9-20-72-23-25-74-26-27-75-32-45(67)60-50(55(5,6)7)53(70)64-31-42(66)28-44(64)52(69)57-30-38-10-12-40(13-11-38)49-35(2)58-33-76-49/h10-17,33,42-44,50,66H,9,18-32H2,1-8H3,(H,57,69)(H,60,67)/t42-,43+,44+,50-/m1/s1. The van der Waals surface area contributed by atoms with Crippen molar-refractivity contribution in [1.29, 1.82) is 0 Å². The third-order valence-corrected chi connectivity index (χ3v) is 15.8. The number of fused-ring (bicyclic) bond motifs is 3. The van der Waals surface area contributed by atoms with Crippen molar-refractivity contribution in [2.45, 2.75) is 98.5 Å². The van der Waals surface area contributed by atoms with Gasteiger partial charge in [0.05, 0.1) is 80.6 Å². The maximum absolute atomic E-state index is 14.0. The molecule has 77 heavy (non-hydrogen) atoms. The molecule has 0 radical (unpaired) electrons. The van der Waals surface area contributed by atoms with E-state index >= 15 is 0 Å². The van der Waals surface area contributed by atoms with Gasteiger partial charge in [-0.2, -0.15) is 0 Å². The highest BCUT2D eigenvalue weighted by Crippen LogP contribution is 2.40. The van der Waals surface area contributed by atoms with Crippen molar-refractivity contribution in [1.82, 2.24) is 40.2 Å². The number of hydrogen-bond acceptors (Lipinski definition) is 16. The van der Waals surface area contributed by atoms with Gasteiger partial charge in [0, 0.05) is 67.3 Å². The van der Waals surface area contributed by atoms with E-state index in [0.29, 0.717) is 70.1 Å². The molecule has 2 aliphatic rings. The highest BCUT2D eigenvalue weighted by Gasteiger charge is 2.44. The van der Waals surface area contributed by atoms with Crippen LogP contribution in [0.1, 0.15) is 90.5 Å². The van der Waals surface area contributed by atoms with E-state index in [9.17, 15) is 24.3 Å². The topological polar surface area (TPSA) is 221 Å². The van der Waals surface area contributed by atoms with Gasteiger partial charge in [0.1, 0.15) is 35.6 Å². The molecule has 0 spiro atoms. The van der Waals surface area contributed by atoms with Gasteiger partial charge >= 0.3 is 0 Å². The van der Waals surface area contributed by atoms with Gasteiger partial charge in [0.2, 0.25) is 23.6 Å². The van der Waals surface area contributed by atoms with Crippen LogP contribution >= 0.6 is 34.3 Å². The number of rotatable bonds is 27. The Morgan fingerprint density at radius 1 is 0.857 bits per heavy atom. The number of carbonyl (C=O) groups is 4. The van der Waals surface area contributed by atoms with Crippen LogP contribution in [0.25, 0.3) is 15.4 Å². The van der Waals surface area contributed by atoms with Crippen LogP contribution in [-0.2, 0) is 49.4 Å². The molecule has 3 aromatic heterocycles. The zero-order chi connectivity index (χ0) is 55.2. The van der Waals surface area contributed by atoms with E-state index < -0.39 is 41.5 Å². The number of likely N-dealkylation sites (N-methyl/N-ethyl adjacent to an activating group) is 1. The Bertz CT molecular complexity index is 2810. The number of likely N-dealkylation sites (tertiary alicyclic amines) is 1. The minimum atomic E-state index is -0.970. The Kier molecular flexibility index (Phi) is 21.4. The SMILES string of the molecule is Cc1ncsc1-c1ccc(CNC(=O)[C@@H]2C[C@@H](O)CN2C(=O)[C@@H](NC(=O)COCCOCCOCCCOCCOCCN(C)C(=O)C[C@@H]2N=C(c3ccc(Cl)cc3)c3c(sc(C)c3C)-n3c(C)nnc32)C(C)(C)C)cc1. The summed E-state index contributed by atoms with van der Waals surface area (Å²) >= 11 is 9.49. The third-order valence-electron chi connectivity index (χ3n) is 13.4. The molecule has 3 N–H and O–H groups in total. The number of carbonyl (C=O) groups excluding carboxylic acids is 4. The maximum atomic E-state index is 14.0. The summed E-state index contributed by atoms with van der Waals surface area (Å²) in [6.45, 7) is 17.1. The van der Waals surface area contributed by atoms with Crippen LogP contribution in [0, 0.1) is 33.1 Å². The van der Waals surface area contributed by atoms with Crippen LogP contribution in [0.2, 0.25) is 5.02 Å². The average Bonchev–Trinajstić information content (AvgIpc) is 4.34. The van der Waals surface area contributed by atoms with E-state index in [1.165, 1.54) is 9.78 Å². The number of aliphatic imine (C=N–C) groups is 1. The van der Waals surface area contributed by atoms with Crippen LogP contribution in [0.4, 0.5) is 0 Å². The normalized spacial score (nSPS) is 16.6. The van der Waals surface area contributed by atoms with Gasteiger partial charge in [-0.3, -0.25) is 28.7 Å². The molecular weight excluding hydrogens is 1050 g/mol. The highest BCUT2D eigenvalue weighted by atomic mass is 35.5. The fourth-order valence-corrected chi connectivity index (χ4v) is 11.1. The molecule has 1 saturated heterocycles. The fraction of sp³-hybridized carbons (Fsp3) is 0.527. The second kappa shape index (κ2) is 27.9. The second-order valence-corrected chi connectivity index (χ2v) is 22.7. The predicted octanol–water partition coefficient (Wildman–Crippen LogP) is 6.36. The van der Waals surface area contributed by atoms with Crippen LogP contribution < -0.4 is 10.6 Å². The lowest BCUT2D eigenvalue weighted by Crippen LogP contribution is -2.58. The van der Waals surface area contributed by atoms with Gasteiger partial charge in [-0.15, -0.1) is 32.9 Å². The molecule has 22 heteroatoms. The lowest BCUT2D eigenvalue weighted by Gasteiger charge is -2.35. The number of thiophene rings is 1. The summed E-state index contributed by atoms with van der Waals surface area (Å²) in [7, 11) is 1.76. The molecule has 0 unspecified atom stereocenters. The number of aromatic nitrogens is 4. The zero-order valence-electron chi connectivity index (χ0n) is 45.3. The first-order valence-corrected chi connectivity index (χ1v) is 28.0. The minimum absolute atomic E-state index is 0.0205. The smallest absolute Gasteiger partial charge is 0.246 e. The van der Waals surface area contributed by atoms with Gasteiger partial charge in [0.15, 0.2) is 5.82 Å². The zero-order valence-corrected chi connectivity index (χ0v) is 47.7. The van der Waals surface area contributed by atoms with Crippen LogP contribution in [0.3, 0.4) is 0 Å². The molecule has 19 nitrogen and oxygen atoms in total. The summed E-state index contributed by atoms with van der Waals surface area (Å²) in [5.74, 6) is -0.0289. The molecule has 0 aliphatic carbocycles. The molecule has 5 heterocycles. The lowest BCUT2D eigenvalue weighted by atomic mass is 9.85. The fourth-order valence-electron chi connectivity index (χ4n) is 8.95. The number of nitrogens with one attached hydrogen (secondary N) is 2. The van der Waals surface area contributed by atoms with Crippen LogP contribution in [0.15, 0.2) is 59.0 Å². The molecule has 5 aromatic rings. The number of aliphatic hydroxyl groups is 1. The largest absolute Gasteiger partial charge is 0.391 e. The number of amides is 4. The second-order valence-electron chi connectivity index (χ2n) is 20.2. The lowest BCUT2D eigenvalue weighted by molar-refractivity contribution is -0.144. The number of hydrogen-bond donors (Lipinski definition) is 3. The molecule has 1 fully saturated rings. The third kappa shape index (κ3) is 15.8. The summed E-state index contributed by atoms with van der Waals surface area (Å²) in [6.07, 6.45) is 0.0177. The Labute approximate surface area is 463 Å². The number of ether oxygens (including phenoxy) is 5. The molecule has 7 rings (SSSR count). The Balaban J connectivity index is 0.714. The molecular formula is C55H72ClN9O10S2. The molecule has 0 bridgehead atoms. The van der Waals surface area contributed by atoms with Gasteiger partial charge in [-0.05, 0) is 68.4 Å². The van der Waals surface area contributed by atoms with Gasteiger partial charge in [0.25, 0.3) is 0 Å². The van der Waals surface area contributed by atoms with Crippen molar-refractivity contribution in [2.24, 2.45) is 10.4 Å². The first kappa shape index (κ1) is 59.2. The molecule has 416 valence electrons. The van der Waals surface area contributed by atoms with Crippen molar-refractivity contribution in [3.8, 4) is 15.4 Å². The molecule has 4 amide bonds. The first-order valence-electron chi connectivity index (χ1n) is 25.9. The minimum Gasteiger partial charge on any atom is -0.391 e. The van der Waals surface area contributed by atoms with Crippen LogP contribution in [-0.4, -0.2) is 168 Å². The van der Waals surface area contributed by atoms with Crippen molar-refractivity contribution in [2.75, 3.05) is 86.2 Å². The summed E-state index contributed by atoms with van der Waals surface area (Å²) in [4.78, 5) is 68.8. The monoisotopic (exact) mass is 1120 g/mol. The highest BCUT2D eigenvalue weighted by molar-refractivity contribution is 7.15. The van der Waals surface area contributed by atoms with Gasteiger partial charge in [-0.1, -0.05) is 68.8 Å². The summed E-state index contributed by atoms with van der Waals surface area (Å²) in [6, 6.07) is 13.1. The molecule has 0 saturated carbocycles. The predicted molar refractivity (Wildman–Crippen MR) is 296 cm³/mol. The quantitative estimate of drug-likeness (QED) is 0.0488. The van der Waals surface area contributed by atoms with E-state index in [1.807, 2.05) is 93.2 Å². The van der Waals surface area contributed by atoms with E-state index in [2.05, 4.69) is 39.7 Å². The number of aryl methyl sites for hydroxylation is 3. The number of benzene rings is 2. The van der Waals surface area contributed by atoms with E-state index in [-0.39, 0.29) is 57.6 Å². The van der Waals surface area contributed by atoms with E-state index in [1.54, 1.807) is 34.6 Å². The maximum Gasteiger partial charge on any atom is 0.246 e. The Morgan fingerprint density at radius 2 is 1.49 bits per heavy atom. The summed E-state index contributed by atoms with van der Waals surface area (Å²) in [5, 5.41) is 26.8. The summed E-state index contributed by atoms with van der Waals surface area (Å²) < 4.78 is 30.3. The molecule has 4 atom stereocenters. The number of β-amino-alcohol motifs (C(OH)–C–C–N with tert-alkyl or cyclic N) is 1. The van der Waals surface area contributed by atoms with Crippen molar-refractivity contribution in [3.05, 3.63) is 104 Å². The van der Waals surface area contributed by atoms with Crippen LogP contribution in [0.5, 0.6) is 0 Å². The number of aliphatic hydroxyl groups excluding tert-OH is 1. The van der Waals surface area contributed by atoms with Gasteiger partial charge in [-0.25, -0.2) is 4.98 Å². The average molecular weight is 1120 g/mol. The number of thiazole rings is 1. The van der Waals surface area contributed by atoms with E-state index in [0.717, 1.165) is 54.9 Å². The van der Waals surface area contributed by atoms with Crippen molar-refractivity contribution >= 4 is 63.6 Å². The van der Waals surface area contributed by atoms with Crippen molar-refractivity contribution < 1.29 is 48.0 Å². The van der Waals surface area contributed by atoms with Crippen molar-refractivity contribution in [3.63, 3.8) is 0 Å².